The van der Waals surface area contributed by atoms with Gasteiger partial charge < -0.3 is 4.90 Å². The van der Waals surface area contributed by atoms with Gasteiger partial charge in [0.2, 0.25) is 0 Å². The van der Waals surface area contributed by atoms with Crippen molar-refractivity contribution in [2.24, 2.45) is 0 Å². The monoisotopic (exact) mass is 140 g/mol. The van der Waals surface area contributed by atoms with Gasteiger partial charge in [0.25, 0.3) is 0 Å². The number of unbranched alkanes of at least 4 members (excludes halogenated alkanes) is 2. The van der Waals surface area contributed by atoms with Gasteiger partial charge >= 0.3 is 0 Å². The molecule has 1 saturated heterocycles. The molecule has 59 valence electrons. The van der Waals surface area contributed by atoms with Crippen LogP contribution < -0.4 is 0 Å². The Morgan fingerprint density at radius 1 is 1.40 bits per heavy atom. The van der Waals surface area contributed by atoms with E-state index in [0.717, 1.165) is 0 Å². The largest absolute Gasteiger partial charge is 0.303 e. The van der Waals surface area contributed by atoms with E-state index >= 15 is 0 Å². The number of rotatable bonds is 4. The van der Waals surface area contributed by atoms with E-state index in [9.17, 15) is 0 Å². The van der Waals surface area contributed by atoms with Gasteiger partial charge in [-0.2, -0.15) is 0 Å². The Kier molecular flexibility index (Phi) is 3.81. The van der Waals surface area contributed by atoms with Gasteiger partial charge in [0.15, 0.2) is 0 Å². The summed E-state index contributed by atoms with van der Waals surface area (Å²) < 4.78 is 0. The number of nitrogens with zero attached hydrogens (tertiary/aromatic N) is 1. The third kappa shape index (κ3) is 2.70. The fraction of sp³-hybridized carbons (Fsp3) is 0.889. The number of likely N-dealkylation sites (tertiary alicyclic amines) is 1. The van der Waals surface area contributed by atoms with Gasteiger partial charge in [-0.3, -0.25) is 0 Å². The molecule has 0 spiro atoms. The molecule has 10 heavy (non-hydrogen) atoms. The summed E-state index contributed by atoms with van der Waals surface area (Å²) in [6.07, 6.45) is 7.83. The Morgan fingerprint density at radius 2 is 2.30 bits per heavy atom. The van der Waals surface area contributed by atoms with E-state index in [2.05, 4.69) is 18.2 Å². The molecule has 1 rings (SSSR count). The highest BCUT2D eigenvalue weighted by Crippen LogP contribution is 2.07. The minimum atomic E-state index is 1.24. The summed E-state index contributed by atoms with van der Waals surface area (Å²) in [5.74, 6) is 0. The van der Waals surface area contributed by atoms with Gasteiger partial charge in [-0.25, -0.2) is 0 Å². The topological polar surface area (TPSA) is 3.24 Å². The van der Waals surface area contributed by atoms with Crippen LogP contribution in [0.25, 0.3) is 0 Å². The fourth-order valence-electron chi connectivity index (χ4n) is 1.43. The van der Waals surface area contributed by atoms with Crippen LogP contribution in [0.4, 0.5) is 0 Å². The zero-order valence-corrected chi connectivity index (χ0v) is 6.97. The molecule has 0 atom stereocenters. The molecule has 0 aromatic rings. The molecule has 0 N–H and O–H groups in total. The lowest BCUT2D eigenvalue weighted by Crippen LogP contribution is -2.20. The van der Waals surface area contributed by atoms with Crippen LogP contribution in [0.5, 0.6) is 0 Å². The zero-order chi connectivity index (χ0) is 7.23. The number of hydrogen-bond acceptors (Lipinski definition) is 1. The van der Waals surface area contributed by atoms with Crippen LogP contribution >= 0.6 is 0 Å². The van der Waals surface area contributed by atoms with Gasteiger partial charge in [0, 0.05) is 6.54 Å². The van der Waals surface area contributed by atoms with E-state index in [1.165, 1.54) is 45.3 Å². The summed E-state index contributed by atoms with van der Waals surface area (Å²) in [5, 5.41) is 0. The van der Waals surface area contributed by atoms with Gasteiger partial charge in [-0.1, -0.05) is 19.8 Å². The van der Waals surface area contributed by atoms with E-state index in [-0.39, 0.29) is 0 Å². The standard InChI is InChI=1S/C9H18N/c1-2-3-4-7-10-8-5-6-9-10/h5H,2-4,6-9H2,1H3. The first-order valence-electron chi connectivity index (χ1n) is 4.47. The van der Waals surface area contributed by atoms with Crippen molar-refractivity contribution in [3.63, 3.8) is 0 Å². The van der Waals surface area contributed by atoms with Gasteiger partial charge in [-0.15, -0.1) is 0 Å². The Bertz CT molecular complexity index is 74.8. The predicted molar refractivity (Wildman–Crippen MR) is 44.9 cm³/mol. The van der Waals surface area contributed by atoms with Crippen molar-refractivity contribution < 1.29 is 0 Å². The van der Waals surface area contributed by atoms with E-state index in [4.69, 9.17) is 0 Å². The molecular weight excluding hydrogens is 122 g/mol. The maximum Gasteiger partial charge on any atom is 0.00133 e. The Labute approximate surface area is 64.4 Å². The second-order valence-electron chi connectivity index (χ2n) is 3.09. The molecule has 1 aliphatic rings. The molecule has 0 bridgehead atoms. The van der Waals surface area contributed by atoms with Crippen LogP contribution in [-0.2, 0) is 0 Å². The molecule has 0 aromatic carbocycles. The van der Waals surface area contributed by atoms with Crippen LogP contribution in [0.15, 0.2) is 0 Å². The number of hydrogen-bond donors (Lipinski definition) is 0. The molecule has 0 aromatic heterocycles. The lowest BCUT2D eigenvalue weighted by atomic mass is 10.2. The molecule has 0 aliphatic carbocycles. The fourth-order valence-corrected chi connectivity index (χ4v) is 1.43. The first-order chi connectivity index (χ1) is 4.93. The quantitative estimate of drug-likeness (QED) is 0.540. The highest BCUT2D eigenvalue weighted by molar-refractivity contribution is 4.80. The molecule has 1 heterocycles. The minimum absolute atomic E-state index is 1.24. The minimum Gasteiger partial charge on any atom is -0.303 e. The van der Waals surface area contributed by atoms with Crippen LogP contribution in [0.1, 0.15) is 32.6 Å². The van der Waals surface area contributed by atoms with E-state index in [0.29, 0.717) is 0 Å². The van der Waals surface area contributed by atoms with Crippen molar-refractivity contribution in [2.75, 3.05) is 19.6 Å². The van der Waals surface area contributed by atoms with Crippen molar-refractivity contribution in [1.82, 2.24) is 4.90 Å². The van der Waals surface area contributed by atoms with E-state index < -0.39 is 0 Å². The third-order valence-electron chi connectivity index (χ3n) is 2.11. The average molecular weight is 140 g/mol. The first kappa shape index (κ1) is 8.06. The average Bonchev–Trinajstić information content (AvgIpc) is 2.41. The second-order valence-corrected chi connectivity index (χ2v) is 3.09. The van der Waals surface area contributed by atoms with Crippen LogP contribution in [0, 0.1) is 6.42 Å². The molecule has 1 heteroatoms. The van der Waals surface area contributed by atoms with E-state index in [1.54, 1.807) is 0 Å². The molecule has 0 amide bonds. The molecule has 1 fully saturated rings. The van der Waals surface area contributed by atoms with Crippen molar-refractivity contribution in [1.29, 1.82) is 0 Å². The molecule has 1 nitrogen and oxygen atoms in total. The van der Waals surface area contributed by atoms with Crippen molar-refractivity contribution in [3.8, 4) is 0 Å². The highest BCUT2D eigenvalue weighted by atomic mass is 15.1. The van der Waals surface area contributed by atoms with Crippen LogP contribution in [0.3, 0.4) is 0 Å². The third-order valence-corrected chi connectivity index (χ3v) is 2.11. The summed E-state index contributed by atoms with van der Waals surface area (Å²) in [6, 6.07) is 0. The lowest BCUT2D eigenvalue weighted by Gasteiger charge is -2.12. The smallest absolute Gasteiger partial charge is 0.00133 e. The highest BCUT2D eigenvalue weighted by Gasteiger charge is 2.09. The summed E-state index contributed by atoms with van der Waals surface area (Å²) in [7, 11) is 0. The maximum absolute atomic E-state index is 2.54. The van der Waals surface area contributed by atoms with Crippen LogP contribution in [-0.4, -0.2) is 24.5 Å². The summed E-state index contributed by atoms with van der Waals surface area (Å²) >= 11 is 0. The molecular formula is C9H18N. The van der Waals surface area contributed by atoms with Gasteiger partial charge in [0.1, 0.15) is 0 Å². The SMILES string of the molecule is CCCCCN1C[CH]CC1. The molecule has 1 aliphatic heterocycles. The second kappa shape index (κ2) is 4.73. The first-order valence-corrected chi connectivity index (χ1v) is 4.47. The maximum atomic E-state index is 2.54. The predicted octanol–water partition coefficient (Wildman–Crippen LogP) is 2.09. The Balaban J connectivity index is 1.91. The molecule has 1 radical (unpaired) electrons. The lowest BCUT2D eigenvalue weighted by molar-refractivity contribution is 0.334. The Morgan fingerprint density at radius 3 is 2.90 bits per heavy atom. The summed E-state index contributed by atoms with van der Waals surface area (Å²) in [5.41, 5.74) is 0. The van der Waals surface area contributed by atoms with Crippen LogP contribution in [0.2, 0.25) is 0 Å². The zero-order valence-electron chi connectivity index (χ0n) is 6.97. The Hall–Kier alpha value is -0.0400. The van der Waals surface area contributed by atoms with Gasteiger partial charge in [-0.05, 0) is 32.4 Å². The summed E-state index contributed by atoms with van der Waals surface area (Å²) in [4.78, 5) is 2.54. The normalized spacial score (nSPS) is 20.1. The molecule has 0 saturated carbocycles. The van der Waals surface area contributed by atoms with Crippen molar-refractivity contribution in [2.45, 2.75) is 32.6 Å². The van der Waals surface area contributed by atoms with E-state index in [1.807, 2.05) is 0 Å². The van der Waals surface area contributed by atoms with Crippen molar-refractivity contribution in [3.05, 3.63) is 6.42 Å². The van der Waals surface area contributed by atoms with Gasteiger partial charge in [0.05, 0.1) is 0 Å². The summed E-state index contributed by atoms with van der Waals surface area (Å²) in [6.45, 7) is 6.13. The van der Waals surface area contributed by atoms with Crippen molar-refractivity contribution >= 4 is 0 Å². The molecule has 0 unspecified atom stereocenters.